The van der Waals surface area contributed by atoms with Crippen LogP contribution < -0.4 is 10.6 Å². The van der Waals surface area contributed by atoms with Crippen LogP contribution in [0.2, 0.25) is 0 Å². The highest BCUT2D eigenvalue weighted by Crippen LogP contribution is 2.09. The molecule has 0 spiro atoms. The first-order chi connectivity index (χ1) is 9.42. The lowest BCUT2D eigenvalue weighted by Gasteiger charge is -2.13. The summed E-state index contributed by atoms with van der Waals surface area (Å²) in [6.07, 6.45) is 0.184. The van der Waals surface area contributed by atoms with Crippen molar-refractivity contribution in [3.63, 3.8) is 0 Å². The molecule has 0 radical (unpaired) electrons. The lowest BCUT2D eigenvalue weighted by molar-refractivity contribution is -0.145. The highest BCUT2D eigenvalue weighted by molar-refractivity contribution is 5.93. The molecule has 7 heteroatoms. The number of aryl methyl sites for hydroxylation is 1. The summed E-state index contributed by atoms with van der Waals surface area (Å²) in [5.41, 5.74) is 1.60. The summed E-state index contributed by atoms with van der Waals surface area (Å²) in [5, 5.41) is 21.9. The minimum Gasteiger partial charge on any atom is -0.481 e. The molecule has 0 unspecified atom stereocenters. The average molecular weight is 280 g/mol. The van der Waals surface area contributed by atoms with Gasteiger partial charge in [-0.15, -0.1) is 0 Å². The highest BCUT2D eigenvalue weighted by Gasteiger charge is 2.22. The first-order valence-electron chi connectivity index (χ1n) is 6.03. The summed E-state index contributed by atoms with van der Waals surface area (Å²) in [6, 6.07) is 4.81. The van der Waals surface area contributed by atoms with E-state index >= 15 is 0 Å². The average Bonchev–Trinajstić information content (AvgIpc) is 2.38. The van der Waals surface area contributed by atoms with Gasteiger partial charge in [0.05, 0.1) is 6.42 Å². The number of carbonyl (C=O) groups is 3. The van der Waals surface area contributed by atoms with Gasteiger partial charge >= 0.3 is 18.0 Å². The number of amides is 2. The molecule has 0 aromatic heterocycles. The van der Waals surface area contributed by atoms with E-state index < -0.39 is 30.4 Å². The van der Waals surface area contributed by atoms with E-state index in [-0.39, 0.29) is 0 Å². The number of nitrogens with one attached hydrogen (secondary N) is 2. The predicted octanol–water partition coefficient (Wildman–Crippen LogP) is 1.30. The van der Waals surface area contributed by atoms with Crippen molar-refractivity contribution in [2.24, 2.45) is 0 Å². The minimum absolute atomic E-state index is 0.499. The molecule has 0 aliphatic carbocycles. The van der Waals surface area contributed by atoms with Gasteiger partial charge in [0, 0.05) is 5.69 Å². The van der Waals surface area contributed by atoms with Crippen LogP contribution in [0.4, 0.5) is 10.5 Å². The maximum Gasteiger partial charge on any atom is 0.326 e. The Labute approximate surface area is 115 Å². The Morgan fingerprint density at radius 2 is 1.75 bits per heavy atom. The van der Waals surface area contributed by atoms with Crippen molar-refractivity contribution in [3.05, 3.63) is 29.8 Å². The summed E-state index contributed by atoms with van der Waals surface area (Å²) in [4.78, 5) is 32.9. The van der Waals surface area contributed by atoms with Crippen molar-refractivity contribution < 1.29 is 24.6 Å². The fourth-order valence-corrected chi connectivity index (χ4v) is 1.52. The van der Waals surface area contributed by atoms with Crippen LogP contribution in [-0.2, 0) is 16.0 Å². The molecule has 108 valence electrons. The van der Waals surface area contributed by atoms with Crippen LogP contribution in [0, 0.1) is 0 Å². The Kier molecular flexibility index (Phi) is 5.52. The Morgan fingerprint density at radius 1 is 1.15 bits per heavy atom. The highest BCUT2D eigenvalue weighted by atomic mass is 16.4. The molecule has 1 atom stereocenters. The topological polar surface area (TPSA) is 116 Å². The van der Waals surface area contributed by atoms with Gasteiger partial charge in [-0.05, 0) is 24.1 Å². The summed E-state index contributed by atoms with van der Waals surface area (Å²) >= 11 is 0. The van der Waals surface area contributed by atoms with Gasteiger partial charge in [0.15, 0.2) is 0 Å². The van der Waals surface area contributed by atoms with Crippen LogP contribution in [0.15, 0.2) is 24.3 Å². The van der Waals surface area contributed by atoms with E-state index in [2.05, 4.69) is 10.6 Å². The Hall–Kier alpha value is -2.57. The summed E-state index contributed by atoms with van der Waals surface area (Å²) in [6.45, 7) is 2.00. The van der Waals surface area contributed by atoms with Crippen LogP contribution in [0.5, 0.6) is 0 Å². The van der Waals surface area contributed by atoms with Crippen molar-refractivity contribution in [2.45, 2.75) is 25.8 Å². The molecule has 0 aliphatic heterocycles. The molecule has 1 rings (SSSR count). The van der Waals surface area contributed by atoms with Crippen molar-refractivity contribution in [1.29, 1.82) is 0 Å². The molecular formula is C13H16N2O5. The second kappa shape index (κ2) is 7.13. The van der Waals surface area contributed by atoms with Gasteiger partial charge in [0.1, 0.15) is 6.04 Å². The van der Waals surface area contributed by atoms with Crippen molar-refractivity contribution in [3.8, 4) is 0 Å². The molecule has 0 bridgehead atoms. The fourth-order valence-electron chi connectivity index (χ4n) is 1.52. The Bertz CT molecular complexity index is 498. The maximum atomic E-state index is 11.6. The third kappa shape index (κ3) is 4.97. The lowest BCUT2D eigenvalue weighted by atomic mass is 10.1. The number of hydrogen-bond donors (Lipinski definition) is 4. The lowest BCUT2D eigenvalue weighted by Crippen LogP contribution is -2.44. The first kappa shape index (κ1) is 15.5. The number of carboxylic acid groups (broad SMARTS) is 2. The zero-order valence-corrected chi connectivity index (χ0v) is 10.9. The molecule has 0 saturated carbocycles. The molecular weight excluding hydrogens is 264 g/mol. The number of benzene rings is 1. The number of hydrogen-bond acceptors (Lipinski definition) is 3. The van der Waals surface area contributed by atoms with E-state index in [1.807, 2.05) is 19.1 Å². The van der Waals surface area contributed by atoms with Gasteiger partial charge in [0.2, 0.25) is 0 Å². The zero-order chi connectivity index (χ0) is 15.1. The van der Waals surface area contributed by atoms with Crippen molar-refractivity contribution in [2.75, 3.05) is 5.32 Å². The number of rotatable bonds is 6. The van der Waals surface area contributed by atoms with Crippen LogP contribution in [-0.4, -0.2) is 34.2 Å². The number of carboxylic acids is 2. The van der Waals surface area contributed by atoms with Gasteiger partial charge in [-0.1, -0.05) is 19.1 Å². The monoisotopic (exact) mass is 280 g/mol. The number of carbonyl (C=O) groups excluding carboxylic acids is 1. The predicted molar refractivity (Wildman–Crippen MR) is 71.7 cm³/mol. The van der Waals surface area contributed by atoms with Crippen LogP contribution in [0.1, 0.15) is 18.9 Å². The number of anilines is 1. The quantitative estimate of drug-likeness (QED) is 0.626. The largest absolute Gasteiger partial charge is 0.481 e. The standard InChI is InChI=1S/C13H16N2O5/c1-2-8-3-5-9(6-4-8)14-13(20)15-10(12(18)19)7-11(16)17/h3-6,10H,2,7H2,1H3,(H,16,17)(H,18,19)(H2,14,15,20)/t10-/m0/s1. The van der Waals surface area contributed by atoms with Crippen LogP contribution in [0.3, 0.4) is 0 Å². The molecule has 1 aromatic carbocycles. The van der Waals surface area contributed by atoms with Gasteiger partial charge < -0.3 is 20.8 Å². The van der Waals surface area contributed by atoms with Gasteiger partial charge in [0.25, 0.3) is 0 Å². The Morgan fingerprint density at radius 3 is 2.20 bits per heavy atom. The van der Waals surface area contributed by atoms with Crippen LogP contribution >= 0.6 is 0 Å². The second-order valence-electron chi connectivity index (χ2n) is 4.14. The van der Waals surface area contributed by atoms with Crippen molar-refractivity contribution in [1.82, 2.24) is 5.32 Å². The molecule has 0 aliphatic rings. The van der Waals surface area contributed by atoms with E-state index in [0.29, 0.717) is 5.69 Å². The summed E-state index contributed by atoms with van der Waals surface area (Å²) in [5.74, 6) is -2.70. The van der Waals surface area contributed by atoms with Crippen molar-refractivity contribution >= 4 is 23.7 Å². The first-order valence-corrected chi connectivity index (χ1v) is 6.03. The summed E-state index contributed by atoms with van der Waals surface area (Å²) < 4.78 is 0. The van der Waals surface area contributed by atoms with E-state index in [1.165, 1.54) is 0 Å². The fraction of sp³-hybridized carbons (Fsp3) is 0.308. The van der Waals surface area contributed by atoms with E-state index in [1.54, 1.807) is 12.1 Å². The Balaban J connectivity index is 2.60. The van der Waals surface area contributed by atoms with Gasteiger partial charge in [-0.2, -0.15) is 0 Å². The molecule has 4 N–H and O–H groups in total. The molecule has 7 nitrogen and oxygen atoms in total. The smallest absolute Gasteiger partial charge is 0.326 e. The second-order valence-corrected chi connectivity index (χ2v) is 4.14. The molecule has 20 heavy (non-hydrogen) atoms. The van der Waals surface area contributed by atoms with E-state index in [4.69, 9.17) is 10.2 Å². The van der Waals surface area contributed by atoms with Crippen LogP contribution in [0.25, 0.3) is 0 Å². The van der Waals surface area contributed by atoms with Gasteiger partial charge in [-0.25, -0.2) is 9.59 Å². The number of aliphatic carboxylic acids is 2. The molecule has 0 fully saturated rings. The summed E-state index contributed by atoms with van der Waals surface area (Å²) in [7, 11) is 0. The molecule has 0 saturated heterocycles. The molecule has 2 amide bonds. The third-order valence-electron chi connectivity index (χ3n) is 2.60. The molecule has 0 heterocycles. The zero-order valence-electron chi connectivity index (χ0n) is 10.9. The maximum absolute atomic E-state index is 11.6. The minimum atomic E-state index is -1.47. The van der Waals surface area contributed by atoms with E-state index in [9.17, 15) is 14.4 Å². The van der Waals surface area contributed by atoms with E-state index in [0.717, 1.165) is 12.0 Å². The number of urea groups is 1. The molecule has 1 aromatic rings. The SMILES string of the molecule is CCc1ccc(NC(=O)N[C@@H](CC(=O)O)C(=O)O)cc1. The third-order valence-corrected chi connectivity index (χ3v) is 2.60. The van der Waals surface area contributed by atoms with Gasteiger partial charge in [-0.3, -0.25) is 4.79 Å². The normalized spacial score (nSPS) is 11.4.